The average Bonchev–Trinajstić information content (AvgIpc) is 2.01. The lowest BCUT2D eigenvalue weighted by molar-refractivity contribution is -0.0435. The summed E-state index contributed by atoms with van der Waals surface area (Å²) in [6, 6.07) is 0. The molecular weight excluding hydrogens is 162 g/mol. The second kappa shape index (κ2) is 3.97. The highest BCUT2D eigenvalue weighted by Gasteiger charge is 2.35. The molecule has 0 N–H and O–H groups in total. The van der Waals surface area contributed by atoms with E-state index in [4.69, 9.17) is 4.74 Å². The molecule has 0 aromatic carbocycles. The van der Waals surface area contributed by atoms with Gasteiger partial charge < -0.3 is 9.64 Å². The van der Waals surface area contributed by atoms with Crippen LogP contribution >= 0.6 is 0 Å². The summed E-state index contributed by atoms with van der Waals surface area (Å²) in [5, 5.41) is 0. The summed E-state index contributed by atoms with van der Waals surface area (Å²) in [7, 11) is 4.01. The Morgan fingerprint density at radius 1 is 1.31 bits per heavy atom. The highest BCUT2D eigenvalue weighted by Crippen LogP contribution is 2.35. The fourth-order valence-corrected chi connectivity index (χ4v) is 2.30. The summed E-state index contributed by atoms with van der Waals surface area (Å²) in [5.41, 5.74) is 0.377. The van der Waals surface area contributed by atoms with Gasteiger partial charge in [0.15, 0.2) is 0 Å². The summed E-state index contributed by atoms with van der Waals surface area (Å²) >= 11 is 0. The van der Waals surface area contributed by atoms with Crippen molar-refractivity contribution in [3.05, 3.63) is 0 Å². The highest BCUT2D eigenvalue weighted by molar-refractivity contribution is 4.86. The Morgan fingerprint density at radius 2 is 1.92 bits per heavy atom. The number of nitrogens with zero attached hydrogens (tertiary/aromatic N) is 1. The van der Waals surface area contributed by atoms with Crippen LogP contribution in [0.15, 0.2) is 0 Å². The predicted octanol–water partition coefficient (Wildman–Crippen LogP) is 2.00. The summed E-state index contributed by atoms with van der Waals surface area (Å²) in [6.07, 6.45) is 1.68. The zero-order valence-corrected chi connectivity index (χ0v) is 9.63. The molecule has 0 amide bonds. The molecule has 1 aliphatic rings. The molecule has 78 valence electrons. The van der Waals surface area contributed by atoms with E-state index in [0.717, 1.165) is 6.54 Å². The molecule has 1 heterocycles. The van der Waals surface area contributed by atoms with Gasteiger partial charge in [0.1, 0.15) is 0 Å². The SMILES string of the molecule is COC1CN(C)CCC1C(C)(C)C. The lowest BCUT2D eigenvalue weighted by atomic mass is 9.73. The highest BCUT2D eigenvalue weighted by atomic mass is 16.5. The fraction of sp³-hybridized carbons (Fsp3) is 1.00. The zero-order chi connectivity index (χ0) is 10.1. The minimum Gasteiger partial charge on any atom is -0.380 e. The third-order valence-corrected chi connectivity index (χ3v) is 3.18. The van der Waals surface area contributed by atoms with Crippen LogP contribution in [-0.4, -0.2) is 38.3 Å². The van der Waals surface area contributed by atoms with E-state index < -0.39 is 0 Å². The van der Waals surface area contributed by atoms with Crippen molar-refractivity contribution >= 4 is 0 Å². The van der Waals surface area contributed by atoms with E-state index in [1.165, 1.54) is 13.0 Å². The molecule has 2 heteroatoms. The molecule has 1 fully saturated rings. The van der Waals surface area contributed by atoms with E-state index >= 15 is 0 Å². The van der Waals surface area contributed by atoms with Gasteiger partial charge in [0.05, 0.1) is 6.10 Å². The Hall–Kier alpha value is -0.0800. The predicted molar refractivity (Wildman–Crippen MR) is 55.9 cm³/mol. The minimum atomic E-state index is 0.377. The van der Waals surface area contributed by atoms with Crippen molar-refractivity contribution in [1.82, 2.24) is 4.90 Å². The zero-order valence-electron chi connectivity index (χ0n) is 9.63. The van der Waals surface area contributed by atoms with E-state index in [2.05, 4.69) is 32.7 Å². The molecule has 2 nitrogen and oxygen atoms in total. The normalized spacial score (nSPS) is 32.1. The van der Waals surface area contributed by atoms with Gasteiger partial charge in [-0.05, 0) is 31.3 Å². The second-order valence-corrected chi connectivity index (χ2v) is 5.30. The Labute approximate surface area is 82.3 Å². The first-order valence-electron chi connectivity index (χ1n) is 5.16. The van der Waals surface area contributed by atoms with E-state index in [1.807, 2.05) is 7.11 Å². The van der Waals surface area contributed by atoms with Gasteiger partial charge in [0.2, 0.25) is 0 Å². The van der Waals surface area contributed by atoms with Crippen LogP contribution in [0.25, 0.3) is 0 Å². The molecule has 2 unspecified atom stereocenters. The van der Waals surface area contributed by atoms with Crippen LogP contribution in [0.3, 0.4) is 0 Å². The maximum absolute atomic E-state index is 5.56. The minimum absolute atomic E-state index is 0.377. The number of methoxy groups -OCH3 is 1. The summed E-state index contributed by atoms with van der Waals surface area (Å²) in [5.74, 6) is 0.702. The number of likely N-dealkylation sites (N-methyl/N-ethyl adjacent to an activating group) is 1. The fourth-order valence-electron chi connectivity index (χ4n) is 2.30. The molecule has 2 atom stereocenters. The third kappa shape index (κ3) is 2.68. The number of piperidine rings is 1. The van der Waals surface area contributed by atoms with E-state index in [0.29, 0.717) is 17.4 Å². The van der Waals surface area contributed by atoms with Gasteiger partial charge in [-0.25, -0.2) is 0 Å². The van der Waals surface area contributed by atoms with Crippen LogP contribution in [0.4, 0.5) is 0 Å². The van der Waals surface area contributed by atoms with E-state index in [1.54, 1.807) is 0 Å². The van der Waals surface area contributed by atoms with Gasteiger partial charge in [0, 0.05) is 13.7 Å². The molecule has 0 aromatic heterocycles. The van der Waals surface area contributed by atoms with Gasteiger partial charge in [0.25, 0.3) is 0 Å². The van der Waals surface area contributed by atoms with Gasteiger partial charge in [-0.3, -0.25) is 0 Å². The first-order valence-corrected chi connectivity index (χ1v) is 5.16. The molecule has 0 aromatic rings. The number of hydrogen-bond donors (Lipinski definition) is 0. The number of hydrogen-bond acceptors (Lipinski definition) is 2. The average molecular weight is 185 g/mol. The molecule has 0 bridgehead atoms. The number of ether oxygens (including phenoxy) is 1. The Balaban J connectivity index is 2.63. The molecular formula is C11H23NO. The third-order valence-electron chi connectivity index (χ3n) is 3.18. The summed E-state index contributed by atoms with van der Waals surface area (Å²) in [6.45, 7) is 9.24. The number of likely N-dealkylation sites (tertiary alicyclic amines) is 1. The standard InChI is InChI=1S/C11H23NO/c1-11(2,3)9-6-7-12(4)8-10(9)13-5/h9-10H,6-8H2,1-5H3. The summed E-state index contributed by atoms with van der Waals surface area (Å²) in [4.78, 5) is 2.36. The Morgan fingerprint density at radius 3 is 2.38 bits per heavy atom. The lowest BCUT2D eigenvalue weighted by Crippen LogP contribution is -2.47. The van der Waals surface area contributed by atoms with Gasteiger partial charge >= 0.3 is 0 Å². The van der Waals surface area contributed by atoms with Crippen LogP contribution in [0, 0.1) is 11.3 Å². The quantitative estimate of drug-likeness (QED) is 0.619. The van der Waals surface area contributed by atoms with Crippen molar-refractivity contribution in [3.8, 4) is 0 Å². The van der Waals surface area contributed by atoms with Gasteiger partial charge in [-0.1, -0.05) is 20.8 Å². The van der Waals surface area contributed by atoms with Gasteiger partial charge in [-0.15, -0.1) is 0 Å². The number of rotatable bonds is 1. The molecule has 0 radical (unpaired) electrons. The van der Waals surface area contributed by atoms with Crippen LogP contribution in [-0.2, 0) is 4.74 Å². The summed E-state index contributed by atoms with van der Waals surface area (Å²) < 4.78 is 5.56. The maximum atomic E-state index is 5.56. The molecule has 1 saturated heterocycles. The van der Waals surface area contributed by atoms with Crippen LogP contribution in [0.1, 0.15) is 27.2 Å². The first kappa shape index (κ1) is 11.0. The molecule has 0 saturated carbocycles. The van der Waals surface area contributed by atoms with Gasteiger partial charge in [-0.2, -0.15) is 0 Å². The molecule has 1 rings (SSSR count). The van der Waals surface area contributed by atoms with Crippen molar-refractivity contribution in [2.75, 3.05) is 27.2 Å². The van der Waals surface area contributed by atoms with Crippen molar-refractivity contribution in [2.24, 2.45) is 11.3 Å². The van der Waals surface area contributed by atoms with Crippen molar-refractivity contribution in [2.45, 2.75) is 33.3 Å². The van der Waals surface area contributed by atoms with Crippen LogP contribution < -0.4 is 0 Å². The van der Waals surface area contributed by atoms with Crippen molar-refractivity contribution in [3.63, 3.8) is 0 Å². The van der Waals surface area contributed by atoms with E-state index in [9.17, 15) is 0 Å². The van der Waals surface area contributed by atoms with Crippen LogP contribution in [0.5, 0.6) is 0 Å². The van der Waals surface area contributed by atoms with Crippen LogP contribution in [0.2, 0.25) is 0 Å². The smallest absolute Gasteiger partial charge is 0.0731 e. The monoisotopic (exact) mass is 185 g/mol. The Bertz CT molecular complexity index is 162. The molecule has 0 aliphatic carbocycles. The molecule has 13 heavy (non-hydrogen) atoms. The first-order chi connectivity index (χ1) is 5.95. The van der Waals surface area contributed by atoms with Crippen molar-refractivity contribution in [1.29, 1.82) is 0 Å². The largest absolute Gasteiger partial charge is 0.380 e. The maximum Gasteiger partial charge on any atom is 0.0731 e. The second-order valence-electron chi connectivity index (χ2n) is 5.30. The topological polar surface area (TPSA) is 12.5 Å². The van der Waals surface area contributed by atoms with Crippen molar-refractivity contribution < 1.29 is 4.74 Å². The molecule has 0 spiro atoms. The Kier molecular flexibility index (Phi) is 3.36. The molecule has 1 aliphatic heterocycles. The van der Waals surface area contributed by atoms with E-state index in [-0.39, 0.29) is 0 Å². The lowest BCUT2D eigenvalue weighted by Gasteiger charge is -2.42.